The third kappa shape index (κ3) is 2.91. The average molecular weight is 341 g/mol. The monoisotopic (exact) mass is 341 g/mol. The third-order valence-corrected chi connectivity index (χ3v) is 5.13. The number of hydrogen-bond donors (Lipinski definition) is 2. The van der Waals surface area contributed by atoms with Crippen LogP contribution in [0.4, 0.5) is 11.6 Å². The Labute approximate surface area is 144 Å². The topological polar surface area (TPSA) is 83.2 Å². The molecular weight excluding hydrogens is 322 g/mol. The number of fused-ring (bicyclic) bond motifs is 1. The Bertz CT molecular complexity index is 824. The van der Waals surface area contributed by atoms with Crippen LogP contribution in [0.1, 0.15) is 18.5 Å². The largest absolute Gasteiger partial charge is 0.396 e. The maximum atomic E-state index is 5.64. The number of benzene rings is 1. The molecule has 0 saturated carbocycles. The van der Waals surface area contributed by atoms with Gasteiger partial charge in [-0.2, -0.15) is 0 Å². The fraction of sp³-hybridized carbons (Fsp3) is 0.312. The molecule has 3 aromatic rings. The predicted octanol–water partition coefficient (Wildman–Crippen LogP) is 2.01. The summed E-state index contributed by atoms with van der Waals surface area (Å²) in [6.07, 6.45) is 3.28. The Morgan fingerprint density at radius 3 is 2.79 bits per heavy atom. The molecule has 7 nitrogen and oxygen atoms in total. The van der Waals surface area contributed by atoms with E-state index in [0.717, 1.165) is 18.6 Å². The number of rotatable bonds is 3. The minimum Gasteiger partial charge on any atom is -0.396 e. The summed E-state index contributed by atoms with van der Waals surface area (Å²) in [5.74, 6) is 0.702. The molecule has 0 amide bonds. The Hall–Kier alpha value is -2.29. The van der Waals surface area contributed by atoms with Crippen LogP contribution in [-0.2, 0) is 0 Å². The second kappa shape index (κ2) is 6.31. The van der Waals surface area contributed by atoms with Gasteiger partial charge in [-0.1, -0.05) is 6.07 Å². The molecule has 8 heteroatoms. The zero-order valence-corrected chi connectivity index (χ0v) is 14.2. The summed E-state index contributed by atoms with van der Waals surface area (Å²) in [4.78, 5) is 15.1. The highest BCUT2D eigenvalue weighted by atomic mass is 32.1. The van der Waals surface area contributed by atoms with E-state index in [9.17, 15) is 0 Å². The first-order valence-electron chi connectivity index (χ1n) is 7.86. The van der Waals surface area contributed by atoms with Crippen molar-refractivity contribution in [2.45, 2.75) is 13.0 Å². The second-order valence-corrected chi connectivity index (χ2v) is 6.73. The second-order valence-electron chi connectivity index (χ2n) is 5.84. The van der Waals surface area contributed by atoms with E-state index in [1.165, 1.54) is 10.3 Å². The van der Waals surface area contributed by atoms with Gasteiger partial charge in [-0.15, -0.1) is 11.3 Å². The Balaban J connectivity index is 1.43. The molecule has 0 radical (unpaired) electrons. The predicted molar refractivity (Wildman–Crippen MR) is 96.5 cm³/mol. The van der Waals surface area contributed by atoms with Crippen LogP contribution in [0.5, 0.6) is 0 Å². The Kier molecular flexibility index (Phi) is 4.01. The highest BCUT2D eigenvalue weighted by Gasteiger charge is 2.23. The van der Waals surface area contributed by atoms with Crippen molar-refractivity contribution < 1.29 is 0 Å². The Morgan fingerprint density at radius 1 is 1.21 bits per heavy atom. The standard InChI is InChI=1S/C16H19N7S/c1-11(12-2-3-15-14(6-12)20-10-24-15)23-5-4-22(9-21-23)16-18-7-13(17)8-19-16/h2-3,6-8,10-11,21H,4-5,9,17H2,1H3. The molecule has 24 heavy (non-hydrogen) atoms. The summed E-state index contributed by atoms with van der Waals surface area (Å²) in [6, 6.07) is 6.78. The van der Waals surface area contributed by atoms with E-state index in [1.54, 1.807) is 23.7 Å². The van der Waals surface area contributed by atoms with Crippen molar-refractivity contribution in [2.75, 3.05) is 30.4 Å². The molecule has 1 aliphatic rings. The summed E-state index contributed by atoms with van der Waals surface area (Å²) < 4.78 is 1.23. The van der Waals surface area contributed by atoms with Crippen LogP contribution in [0.25, 0.3) is 10.2 Å². The lowest BCUT2D eigenvalue weighted by Gasteiger charge is -2.38. The van der Waals surface area contributed by atoms with E-state index in [-0.39, 0.29) is 6.04 Å². The Morgan fingerprint density at radius 2 is 2.04 bits per heavy atom. The highest BCUT2D eigenvalue weighted by Crippen LogP contribution is 2.25. The summed E-state index contributed by atoms with van der Waals surface area (Å²) in [5.41, 5.74) is 13.9. The van der Waals surface area contributed by atoms with Crippen molar-refractivity contribution in [2.24, 2.45) is 0 Å². The number of nitrogens with one attached hydrogen (secondary N) is 1. The molecule has 124 valence electrons. The molecule has 1 aromatic carbocycles. The van der Waals surface area contributed by atoms with Gasteiger partial charge in [0.25, 0.3) is 0 Å². The van der Waals surface area contributed by atoms with Gasteiger partial charge in [-0.25, -0.2) is 25.4 Å². The smallest absolute Gasteiger partial charge is 0.226 e. The lowest BCUT2D eigenvalue weighted by atomic mass is 10.1. The SMILES string of the molecule is CC(c1ccc2scnc2c1)N1CCN(c2ncc(N)cn2)CN1. The van der Waals surface area contributed by atoms with Gasteiger partial charge in [0.2, 0.25) is 5.95 Å². The lowest BCUT2D eigenvalue weighted by Crippen LogP contribution is -2.55. The summed E-state index contributed by atoms with van der Waals surface area (Å²) in [5, 5.41) is 2.25. The summed E-state index contributed by atoms with van der Waals surface area (Å²) >= 11 is 1.67. The number of thiazole rings is 1. The van der Waals surface area contributed by atoms with Crippen molar-refractivity contribution in [3.05, 3.63) is 41.7 Å². The van der Waals surface area contributed by atoms with Crippen LogP contribution < -0.4 is 16.1 Å². The maximum absolute atomic E-state index is 5.64. The minimum atomic E-state index is 0.269. The van der Waals surface area contributed by atoms with Crippen LogP contribution in [0.3, 0.4) is 0 Å². The van der Waals surface area contributed by atoms with Crippen LogP contribution in [0, 0.1) is 0 Å². The van der Waals surface area contributed by atoms with Crippen molar-refractivity contribution in [1.82, 2.24) is 25.4 Å². The third-order valence-electron chi connectivity index (χ3n) is 4.32. The van der Waals surface area contributed by atoms with Gasteiger partial charge in [-0.3, -0.25) is 0 Å². The van der Waals surface area contributed by atoms with Gasteiger partial charge in [0.05, 0.1) is 40.5 Å². The molecule has 0 bridgehead atoms. The van der Waals surface area contributed by atoms with Crippen molar-refractivity contribution in [3.8, 4) is 0 Å². The van der Waals surface area contributed by atoms with E-state index in [4.69, 9.17) is 5.73 Å². The number of nitrogens with two attached hydrogens (primary N) is 1. The highest BCUT2D eigenvalue weighted by molar-refractivity contribution is 7.16. The molecular formula is C16H19N7S. The number of nitrogen functional groups attached to an aromatic ring is 1. The summed E-state index contributed by atoms with van der Waals surface area (Å²) in [6.45, 7) is 4.62. The molecule has 4 rings (SSSR count). The first-order valence-corrected chi connectivity index (χ1v) is 8.74. The minimum absolute atomic E-state index is 0.269. The number of nitrogens with zero attached hydrogens (tertiary/aromatic N) is 5. The molecule has 1 atom stereocenters. The van der Waals surface area contributed by atoms with Gasteiger partial charge < -0.3 is 10.6 Å². The molecule has 0 aliphatic carbocycles. The van der Waals surface area contributed by atoms with E-state index < -0.39 is 0 Å². The molecule has 1 unspecified atom stereocenters. The average Bonchev–Trinajstić information content (AvgIpc) is 3.09. The van der Waals surface area contributed by atoms with Gasteiger partial charge in [-0.05, 0) is 24.6 Å². The molecule has 2 aromatic heterocycles. The molecule has 0 spiro atoms. The molecule has 1 saturated heterocycles. The quantitative estimate of drug-likeness (QED) is 0.754. The number of hydrazine groups is 1. The van der Waals surface area contributed by atoms with Crippen LogP contribution in [0.2, 0.25) is 0 Å². The normalized spacial score (nSPS) is 17.3. The molecule has 1 fully saturated rings. The van der Waals surface area contributed by atoms with Crippen molar-refractivity contribution in [3.63, 3.8) is 0 Å². The lowest BCUT2D eigenvalue weighted by molar-refractivity contribution is 0.115. The van der Waals surface area contributed by atoms with E-state index in [2.05, 4.69) is 55.4 Å². The van der Waals surface area contributed by atoms with Crippen LogP contribution in [-0.4, -0.2) is 39.7 Å². The number of aromatic nitrogens is 3. The molecule has 3 N–H and O–H groups in total. The summed E-state index contributed by atoms with van der Waals surface area (Å²) in [7, 11) is 0. The van der Waals surface area contributed by atoms with Crippen molar-refractivity contribution in [1.29, 1.82) is 0 Å². The number of hydrogen-bond acceptors (Lipinski definition) is 8. The molecule has 1 aliphatic heterocycles. The van der Waals surface area contributed by atoms with Gasteiger partial charge in [0.15, 0.2) is 0 Å². The number of anilines is 2. The fourth-order valence-corrected chi connectivity index (χ4v) is 3.53. The zero-order valence-electron chi connectivity index (χ0n) is 13.4. The van der Waals surface area contributed by atoms with Gasteiger partial charge in [0.1, 0.15) is 0 Å². The van der Waals surface area contributed by atoms with E-state index >= 15 is 0 Å². The molecule has 3 heterocycles. The van der Waals surface area contributed by atoms with Crippen molar-refractivity contribution >= 4 is 33.2 Å². The first-order chi connectivity index (χ1) is 11.7. The van der Waals surface area contributed by atoms with E-state index in [0.29, 0.717) is 18.3 Å². The van der Waals surface area contributed by atoms with Crippen LogP contribution in [0.15, 0.2) is 36.1 Å². The fourth-order valence-electron chi connectivity index (χ4n) is 2.87. The van der Waals surface area contributed by atoms with E-state index in [1.807, 2.05) is 5.51 Å². The first kappa shape index (κ1) is 15.3. The zero-order chi connectivity index (χ0) is 16.5. The van der Waals surface area contributed by atoms with Gasteiger partial charge in [0, 0.05) is 19.1 Å². The van der Waals surface area contributed by atoms with Crippen LogP contribution >= 0.6 is 11.3 Å². The van der Waals surface area contributed by atoms with Gasteiger partial charge >= 0.3 is 0 Å². The maximum Gasteiger partial charge on any atom is 0.226 e.